The van der Waals surface area contributed by atoms with Crippen molar-refractivity contribution in [2.45, 2.75) is 33.3 Å². The van der Waals surface area contributed by atoms with Crippen molar-refractivity contribution in [3.05, 3.63) is 29.6 Å². The minimum absolute atomic E-state index is 0.00902. The number of carbonyl (C=O) groups is 1. The highest BCUT2D eigenvalue weighted by Gasteiger charge is 2.27. The maximum atomic E-state index is 13.1. The van der Waals surface area contributed by atoms with Crippen LogP contribution in [0, 0.1) is 12.7 Å². The Balaban J connectivity index is 2.64. The SMILES string of the molecule is [2H]C([2H])([2H])n1nc(C(=O)OC(C)(C)C)c(-c2ncc(F)cn2)c1C. The van der Waals surface area contributed by atoms with Crippen LogP contribution < -0.4 is 0 Å². The third-order valence-corrected chi connectivity index (χ3v) is 2.55. The minimum Gasteiger partial charge on any atom is -0.455 e. The normalized spacial score (nSPS) is 14.2. The Labute approximate surface area is 126 Å². The van der Waals surface area contributed by atoms with Crippen LogP contribution in [-0.2, 0) is 11.7 Å². The van der Waals surface area contributed by atoms with Crippen molar-refractivity contribution in [2.75, 3.05) is 0 Å². The van der Waals surface area contributed by atoms with E-state index in [-0.39, 0.29) is 22.8 Å². The number of esters is 1. The zero-order chi connectivity index (χ0) is 18.3. The molecule has 0 aromatic carbocycles. The lowest BCUT2D eigenvalue weighted by molar-refractivity contribution is 0.00629. The monoisotopic (exact) mass is 295 g/mol. The lowest BCUT2D eigenvalue weighted by Crippen LogP contribution is -2.24. The van der Waals surface area contributed by atoms with Crippen molar-refractivity contribution >= 4 is 5.97 Å². The summed E-state index contributed by atoms with van der Waals surface area (Å²) in [5.41, 5.74) is -0.775. The number of aromatic nitrogens is 4. The molecule has 0 radical (unpaired) electrons. The molecule has 0 bridgehead atoms. The molecule has 6 nitrogen and oxygen atoms in total. The number of halogens is 1. The van der Waals surface area contributed by atoms with Crippen LogP contribution in [0.15, 0.2) is 12.4 Å². The molecule has 0 spiro atoms. The molecule has 2 rings (SSSR count). The Kier molecular flexibility index (Phi) is 2.83. The predicted molar refractivity (Wildman–Crippen MR) is 74.1 cm³/mol. The quantitative estimate of drug-likeness (QED) is 0.795. The standard InChI is InChI=1S/C14H17FN4O2/c1-8-10(12-16-6-9(15)7-17-12)11(18-19(8)5)13(20)21-14(2,3)4/h6-7H,1-5H3/i5D3. The molecule has 2 heterocycles. The van der Waals surface area contributed by atoms with E-state index in [2.05, 4.69) is 15.1 Å². The fraction of sp³-hybridized carbons (Fsp3) is 0.429. The Morgan fingerprint density at radius 1 is 1.38 bits per heavy atom. The maximum Gasteiger partial charge on any atom is 0.360 e. The van der Waals surface area contributed by atoms with E-state index in [9.17, 15) is 9.18 Å². The van der Waals surface area contributed by atoms with Gasteiger partial charge in [-0.05, 0) is 27.7 Å². The highest BCUT2D eigenvalue weighted by atomic mass is 19.1. The zero-order valence-corrected chi connectivity index (χ0v) is 12.1. The summed E-state index contributed by atoms with van der Waals surface area (Å²) in [6, 6.07) is 0. The van der Waals surface area contributed by atoms with E-state index in [4.69, 9.17) is 8.85 Å². The van der Waals surface area contributed by atoms with Gasteiger partial charge in [0, 0.05) is 16.8 Å². The number of hydrogen-bond donors (Lipinski definition) is 0. The van der Waals surface area contributed by atoms with Crippen molar-refractivity contribution < 1.29 is 18.0 Å². The Morgan fingerprint density at radius 2 is 2.00 bits per heavy atom. The molecule has 2 aromatic rings. The maximum absolute atomic E-state index is 13.1. The van der Waals surface area contributed by atoms with Crippen LogP contribution in [0.4, 0.5) is 4.39 Å². The topological polar surface area (TPSA) is 69.9 Å². The lowest BCUT2D eigenvalue weighted by atomic mass is 10.1. The summed E-state index contributed by atoms with van der Waals surface area (Å²) in [7, 11) is 0. The van der Waals surface area contributed by atoms with Crippen LogP contribution in [-0.4, -0.2) is 31.3 Å². The van der Waals surface area contributed by atoms with Crippen LogP contribution in [0.25, 0.3) is 11.4 Å². The number of nitrogens with zero attached hydrogens (tertiary/aromatic N) is 4. The van der Waals surface area contributed by atoms with Gasteiger partial charge in [0.05, 0.1) is 18.0 Å². The summed E-state index contributed by atoms with van der Waals surface area (Å²) >= 11 is 0. The molecule has 0 aliphatic heterocycles. The van der Waals surface area contributed by atoms with Crippen molar-refractivity contribution in [1.82, 2.24) is 19.7 Å². The minimum atomic E-state index is -2.60. The van der Waals surface area contributed by atoms with Crippen LogP contribution in [0.3, 0.4) is 0 Å². The fourth-order valence-electron chi connectivity index (χ4n) is 1.68. The number of ether oxygens (including phenoxy) is 1. The van der Waals surface area contributed by atoms with Gasteiger partial charge in [-0.15, -0.1) is 0 Å². The molecule has 112 valence electrons. The van der Waals surface area contributed by atoms with E-state index in [1.165, 1.54) is 6.92 Å². The van der Waals surface area contributed by atoms with Crippen molar-refractivity contribution in [3.8, 4) is 11.4 Å². The van der Waals surface area contributed by atoms with Crippen molar-refractivity contribution in [3.63, 3.8) is 0 Å². The van der Waals surface area contributed by atoms with Gasteiger partial charge < -0.3 is 4.74 Å². The molecule has 0 saturated carbocycles. The largest absolute Gasteiger partial charge is 0.455 e. The molecule has 0 atom stereocenters. The average Bonchev–Trinajstić information content (AvgIpc) is 2.75. The molecule has 0 aliphatic rings. The van der Waals surface area contributed by atoms with Gasteiger partial charge in [0.25, 0.3) is 0 Å². The molecule has 0 unspecified atom stereocenters. The summed E-state index contributed by atoms with van der Waals surface area (Å²) < 4.78 is 41.6. The molecule has 7 heteroatoms. The van der Waals surface area contributed by atoms with Crippen LogP contribution in [0.2, 0.25) is 0 Å². The summed E-state index contributed by atoms with van der Waals surface area (Å²) in [4.78, 5) is 20.0. The third kappa shape index (κ3) is 3.24. The molecular weight excluding hydrogens is 275 g/mol. The van der Waals surface area contributed by atoms with E-state index in [1.807, 2.05) is 0 Å². The van der Waals surface area contributed by atoms with Gasteiger partial charge in [-0.25, -0.2) is 19.2 Å². The predicted octanol–water partition coefficient (Wildman–Crippen LogP) is 2.28. The van der Waals surface area contributed by atoms with E-state index in [0.29, 0.717) is 0 Å². The molecule has 0 fully saturated rings. The molecule has 0 N–H and O–H groups in total. The lowest BCUT2D eigenvalue weighted by Gasteiger charge is -2.18. The Morgan fingerprint density at radius 3 is 2.52 bits per heavy atom. The van der Waals surface area contributed by atoms with Crippen molar-refractivity contribution in [1.29, 1.82) is 0 Å². The summed E-state index contributed by atoms with van der Waals surface area (Å²) in [6.07, 6.45) is 1.85. The summed E-state index contributed by atoms with van der Waals surface area (Å²) in [5, 5.41) is 3.87. The molecule has 0 saturated heterocycles. The number of aryl methyl sites for hydroxylation is 1. The third-order valence-electron chi connectivity index (χ3n) is 2.55. The average molecular weight is 295 g/mol. The van der Waals surface area contributed by atoms with E-state index < -0.39 is 24.4 Å². The highest BCUT2D eigenvalue weighted by Crippen LogP contribution is 2.25. The van der Waals surface area contributed by atoms with Gasteiger partial charge in [-0.1, -0.05) is 0 Å². The number of carbonyl (C=O) groups excluding carboxylic acids is 1. The van der Waals surface area contributed by atoms with Crippen LogP contribution in [0.5, 0.6) is 0 Å². The number of rotatable bonds is 2. The Hall–Kier alpha value is -2.31. The molecule has 0 aliphatic carbocycles. The van der Waals surface area contributed by atoms with E-state index in [1.54, 1.807) is 20.8 Å². The first-order valence-corrected chi connectivity index (χ1v) is 6.21. The first kappa shape index (κ1) is 11.4. The molecule has 2 aromatic heterocycles. The molecule has 21 heavy (non-hydrogen) atoms. The van der Waals surface area contributed by atoms with Gasteiger partial charge in [0.1, 0.15) is 5.60 Å². The summed E-state index contributed by atoms with van der Waals surface area (Å²) in [5.74, 6) is -1.47. The number of hydrogen-bond acceptors (Lipinski definition) is 5. The fourth-order valence-corrected chi connectivity index (χ4v) is 1.68. The molecule has 0 amide bonds. The molecular formula is C14H17FN4O2. The smallest absolute Gasteiger partial charge is 0.360 e. The first-order valence-electron chi connectivity index (χ1n) is 7.71. The first-order chi connectivity index (χ1) is 10.9. The second-order valence-electron chi connectivity index (χ2n) is 5.45. The Bertz CT molecular complexity index is 764. The van der Waals surface area contributed by atoms with Gasteiger partial charge in [0.2, 0.25) is 0 Å². The van der Waals surface area contributed by atoms with Gasteiger partial charge in [-0.3, -0.25) is 4.68 Å². The van der Waals surface area contributed by atoms with Gasteiger partial charge in [-0.2, -0.15) is 5.10 Å². The van der Waals surface area contributed by atoms with Crippen LogP contribution >= 0.6 is 0 Å². The zero-order valence-electron chi connectivity index (χ0n) is 15.1. The second-order valence-corrected chi connectivity index (χ2v) is 5.45. The van der Waals surface area contributed by atoms with Crippen LogP contribution in [0.1, 0.15) is 41.1 Å². The highest BCUT2D eigenvalue weighted by molar-refractivity contribution is 5.95. The van der Waals surface area contributed by atoms with E-state index >= 15 is 0 Å². The summed E-state index contributed by atoms with van der Waals surface area (Å²) in [6.45, 7) is 3.89. The van der Waals surface area contributed by atoms with E-state index in [0.717, 1.165) is 17.1 Å². The van der Waals surface area contributed by atoms with Gasteiger partial charge in [0.15, 0.2) is 17.3 Å². The van der Waals surface area contributed by atoms with Gasteiger partial charge >= 0.3 is 5.97 Å². The van der Waals surface area contributed by atoms with Crippen molar-refractivity contribution in [2.24, 2.45) is 6.98 Å². The second kappa shape index (κ2) is 5.23.